The van der Waals surface area contributed by atoms with Crippen LogP contribution >= 0.6 is 23.2 Å². The molecule has 2 heterocycles. The molecule has 7 heteroatoms. The first-order valence-electron chi connectivity index (χ1n) is 5.67. The van der Waals surface area contributed by atoms with Crippen molar-refractivity contribution in [3.05, 3.63) is 10.4 Å². The molecule has 1 saturated heterocycles. The van der Waals surface area contributed by atoms with Crippen LogP contribution in [0.4, 0.5) is 11.5 Å². The van der Waals surface area contributed by atoms with Crippen LogP contribution in [-0.4, -0.2) is 36.6 Å². The SMILES string of the molecule is C=Nc1c(Cl)nc(Cl)nc1N(C)C1CCCCO1. The number of hydrogen-bond donors (Lipinski definition) is 0. The van der Waals surface area contributed by atoms with Crippen molar-refractivity contribution in [1.29, 1.82) is 0 Å². The van der Waals surface area contributed by atoms with Crippen LogP contribution in [0.25, 0.3) is 0 Å². The summed E-state index contributed by atoms with van der Waals surface area (Å²) in [7, 11) is 1.87. The lowest BCUT2D eigenvalue weighted by atomic mass is 10.2. The summed E-state index contributed by atoms with van der Waals surface area (Å²) in [6.45, 7) is 4.23. The maximum absolute atomic E-state index is 5.98. The van der Waals surface area contributed by atoms with Crippen LogP contribution in [0, 0.1) is 0 Å². The minimum absolute atomic E-state index is 0.0405. The molecule has 0 N–H and O–H groups in total. The molecular formula is C11H14Cl2N4O. The van der Waals surface area contributed by atoms with E-state index in [4.69, 9.17) is 27.9 Å². The number of aliphatic imine (C=N–C) groups is 1. The number of anilines is 1. The Bertz CT molecular complexity index is 449. The molecular weight excluding hydrogens is 275 g/mol. The number of rotatable bonds is 3. The predicted molar refractivity (Wildman–Crippen MR) is 73.3 cm³/mol. The third-order valence-corrected chi connectivity index (χ3v) is 3.31. The van der Waals surface area contributed by atoms with Crippen molar-refractivity contribution in [2.24, 2.45) is 4.99 Å². The average molecular weight is 289 g/mol. The molecule has 1 aliphatic rings. The van der Waals surface area contributed by atoms with Crippen LogP contribution in [-0.2, 0) is 4.74 Å². The van der Waals surface area contributed by atoms with Gasteiger partial charge in [-0.25, -0.2) is 4.98 Å². The van der Waals surface area contributed by atoms with Gasteiger partial charge < -0.3 is 9.64 Å². The minimum atomic E-state index is -0.0405. The topological polar surface area (TPSA) is 50.6 Å². The maximum atomic E-state index is 5.98. The molecule has 98 valence electrons. The van der Waals surface area contributed by atoms with E-state index in [9.17, 15) is 0 Å². The smallest absolute Gasteiger partial charge is 0.225 e. The van der Waals surface area contributed by atoms with Crippen LogP contribution in [0.1, 0.15) is 19.3 Å². The van der Waals surface area contributed by atoms with Gasteiger partial charge in [-0.2, -0.15) is 4.98 Å². The van der Waals surface area contributed by atoms with Crippen molar-refractivity contribution in [2.45, 2.75) is 25.5 Å². The van der Waals surface area contributed by atoms with Crippen molar-refractivity contribution >= 4 is 41.4 Å². The van der Waals surface area contributed by atoms with E-state index in [1.165, 1.54) is 0 Å². The molecule has 0 radical (unpaired) electrons. The second-order valence-corrected chi connectivity index (χ2v) is 4.74. The van der Waals surface area contributed by atoms with Crippen molar-refractivity contribution in [3.63, 3.8) is 0 Å². The highest BCUT2D eigenvalue weighted by Gasteiger charge is 2.23. The van der Waals surface area contributed by atoms with Crippen molar-refractivity contribution in [2.75, 3.05) is 18.6 Å². The second kappa shape index (κ2) is 5.82. The minimum Gasteiger partial charge on any atom is -0.358 e. The van der Waals surface area contributed by atoms with Gasteiger partial charge in [0, 0.05) is 13.7 Å². The molecule has 0 aromatic carbocycles. The van der Waals surface area contributed by atoms with Gasteiger partial charge in [0.05, 0.1) is 0 Å². The highest BCUT2D eigenvalue weighted by molar-refractivity contribution is 6.34. The zero-order chi connectivity index (χ0) is 13.1. The number of ether oxygens (including phenoxy) is 1. The van der Waals surface area contributed by atoms with Gasteiger partial charge in [0.25, 0.3) is 0 Å². The van der Waals surface area contributed by atoms with Gasteiger partial charge in [0.15, 0.2) is 11.0 Å². The molecule has 1 aliphatic heterocycles. The molecule has 2 rings (SSSR count). The largest absolute Gasteiger partial charge is 0.358 e. The Hall–Kier alpha value is -0.910. The Morgan fingerprint density at radius 1 is 1.39 bits per heavy atom. The number of halogens is 2. The Balaban J connectivity index is 2.33. The molecule has 0 bridgehead atoms. The van der Waals surface area contributed by atoms with E-state index in [0.29, 0.717) is 11.5 Å². The molecule has 18 heavy (non-hydrogen) atoms. The Morgan fingerprint density at radius 3 is 2.78 bits per heavy atom. The van der Waals surface area contributed by atoms with E-state index < -0.39 is 0 Å². The lowest BCUT2D eigenvalue weighted by Crippen LogP contribution is -2.37. The summed E-state index contributed by atoms with van der Waals surface area (Å²) in [6, 6.07) is 0. The second-order valence-electron chi connectivity index (χ2n) is 4.05. The molecule has 0 spiro atoms. The molecule has 1 fully saturated rings. The molecule has 1 unspecified atom stereocenters. The summed E-state index contributed by atoms with van der Waals surface area (Å²) >= 11 is 11.8. The zero-order valence-electron chi connectivity index (χ0n) is 10.1. The molecule has 1 atom stereocenters. The van der Waals surface area contributed by atoms with Crippen LogP contribution in [0.3, 0.4) is 0 Å². The van der Waals surface area contributed by atoms with Gasteiger partial charge in [-0.3, -0.25) is 4.99 Å². The first kappa shape index (κ1) is 13.5. The Morgan fingerprint density at radius 2 is 2.17 bits per heavy atom. The first-order valence-corrected chi connectivity index (χ1v) is 6.43. The van der Waals surface area contributed by atoms with Crippen LogP contribution in [0.5, 0.6) is 0 Å². The third-order valence-electron chi connectivity index (χ3n) is 2.88. The third kappa shape index (κ3) is 2.74. The van der Waals surface area contributed by atoms with Gasteiger partial charge in [-0.1, -0.05) is 11.6 Å². The molecule has 1 aromatic heterocycles. The van der Waals surface area contributed by atoms with Crippen LogP contribution in [0.15, 0.2) is 4.99 Å². The monoisotopic (exact) mass is 288 g/mol. The van der Waals surface area contributed by atoms with E-state index >= 15 is 0 Å². The molecule has 0 amide bonds. The maximum Gasteiger partial charge on any atom is 0.225 e. The summed E-state index contributed by atoms with van der Waals surface area (Å²) < 4.78 is 5.69. The summed E-state index contributed by atoms with van der Waals surface area (Å²) in [5.74, 6) is 0.543. The van der Waals surface area contributed by atoms with E-state index in [-0.39, 0.29) is 16.7 Å². The van der Waals surface area contributed by atoms with Crippen molar-refractivity contribution in [1.82, 2.24) is 9.97 Å². The standard InChI is InChI=1S/C11H14Cl2N4O/c1-14-8-9(12)15-11(13)16-10(8)17(2)7-5-3-4-6-18-7/h7H,1,3-6H2,2H3. The van der Waals surface area contributed by atoms with E-state index in [2.05, 4.69) is 21.7 Å². The Kier molecular flexibility index (Phi) is 4.37. The summed E-state index contributed by atoms with van der Waals surface area (Å²) in [5, 5.41) is 0.285. The number of aromatic nitrogens is 2. The fourth-order valence-electron chi connectivity index (χ4n) is 1.94. The molecule has 0 aliphatic carbocycles. The van der Waals surface area contributed by atoms with Gasteiger partial charge in [-0.05, 0) is 37.6 Å². The van der Waals surface area contributed by atoms with E-state index in [1.807, 2.05) is 11.9 Å². The normalized spacial score (nSPS) is 19.6. The van der Waals surface area contributed by atoms with Crippen LogP contribution < -0.4 is 4.90 Å². The first-order chi connectivity index (χ1) is 8.63. The molecule has 5 nitrogen and oxygen atoms in total. The fraction of sp³-hybridized carbons (Fsp3) is 0.545. The number of nitrogens with zero attached hydrogens (tertiary/aromatic N) is 4. The van der Waals surface area contributed by atoms with Gasteiger partial charge >= 0.3 is 0 Å². The average Bonchev–Trinajstić information content (AvgIpc) is 2.38. The predicted octanol–water partition coefficient (Wildman–Crippen LogP) is 3.08. The summed E-state index contributed by atoms with van der Waals surface area (Å²) in [5.41, 5.74) is 0.428. The summed E-state index contributed by atoms with van der Waals surface area (Å²) in [4.78, 5) is 13.8. The highest BCUT2D eigenvalue weighted by Crippen LogP contribution is 2.35. The van der Waals surface area contributed by atoms with E-state index in [1.54, 1.807) is 0 Å². The van der Waals surface area contributed by atoms with Gasteiger partial charge in [-0.15, -0.1) is 0 Å². The van der Waals surface area contributed by atoms with Crippen molar-refractivity contribution in [3.8, 4) is 0 Å². The van der Waals surface area contributed by atoms with Crippen molar-refractivity contribution < 1.29 is 4.74 Å². The fourth-order valence-corrected chi connectivity index (χ4v) is 2.37. The summed E-state index contributed by atoms with van der Waals surface area (Å²) in [6.07, 6.45) is 3.11. The molecule has 0 saturated carbocycles. The van der Waals surface area contributed by atoms with Gasteiger partial charge in [0.1, 0.15) is 11.9 Å². The van der Waals surface area contributed by atoms with Gasteiger partial charge in [0.2, 0.25) is 5.28 Å². The lowest BCUT2D eigenvalue weighted by molar-refractivity contribution is 0.0170. The number of hydrogen-bond acceptors (Lipinski definition) is 5. The lowest BCUT2D eigenvalue weighted by Gasteiger charge is -2.32. The zero-order valence-corrected chi connectivity index (χ0v) is 11.6. The highest BCUT2D eigenvalue weighted by atomic mass is 35.5. The van der Waals surface area contributed by atoms with Crippen LogP contribution in [0.2, 0.25) is 10.4 Å². The molecule has 1 aromatic rings. The Labute approximate surface area is 116 Å². The van der Waals surface area contributed by atoms with E-state index in [0.717, 1.165) is 25.9 Å². The quantitative estimate of drug-likeness (QED) is 0.487.